The second-order valence-corrected chi connectivity index (χ2v) is 17.2. The van der Waals surface area contributed by atoms with Crippen LogP contribution in [0.15, 0.2) is 48.8 Å². The van der Waals surface area contributed by atoms with Crippen molar-refractivity contribution < 1.29 is 49.8 Å². The van der Waals surface area contributed by atoms with Crippen molar-refractivity contribution in [2.45, 2.75) is 63.9 Å². The Labute approximate surface area is 280 Å². The van der Waals surface area contributed by atoms with Crippen molar-refractivity contribution in [3.05, 3.63) is 54.5 Å². The van der Waals surface area contributed by atoms with Crippen molar-refractivity contribution in [2.24, 2.45) is 0 Å². The molecule has 1 aliphatic heterocycles. The fourth-order valence-electron chi connectivity index (χ4n) is 4.91. The van der Waals surface area contributed by atoms with Crippen LogP contribution in [-0.2, 0) is 46.5 Å². The van der Waals surface area contributed by atoms with Crippen LogP contribution >= 0.6 is 26.2 Å². The summed E-state index contributed by atoms with van der Waals surface area (Å²) in [6, 6.07) is 10.4. The number of para-hydroxylation sites is 1. The molecule has 1 saturated heterocycles. The van der Waals surface area contributed by atoms with Crippen LogP contribution in [0.4, 0.5) is 10.2 Å². The van der Waals surface area contributed by atoms with E-state index < -0.39 is 87.3 Å². The number of esters is 3. The van der Waals surface area contributed by atoms with Crippen molar-refractivity contribution in [3.63, 3.8) is 0 Å². The number of carbonyl (C=O) groups excluding carboxylic acids is 3. The van der Waals surface area contributed by atoms with Crippen molar-refractivity contribution >= 4 is 55.4 Å². The molecular weight excluding hydrogens is 755 g/mol. The zero-order valence-corrected chi connectivity index (χ0v) is 29.3. The lowest BCUT2D eigenvalue weighted by atomic mass is 9.85. The number of ether oxygens (including phenoxy) is 4. The molecule has 1 aliphatic rings. The average Bonchev–Trinajstić information content (AvgIpc) is 3.65. The third-order valence-electron chi connectivity index (χ3n) is 7.26. The largest absolute Gasteiger partial charge is 0.487 e. The number of hydrogen-bond donors (Lipinski definition) is 2. The van der Waals surface area contributed by atoms with Gasteiger partial charge in [0.1, 0.15) is 31.2 Å². The lowest BCUT2D eigenvalue weighted by Gasteiger charge is -2.37. The number of rotatable bonds is 16. The van der Waals surface area contributed by atoms with Crippen LogP contribution in [0.2, 0.25) is 0 Å². The molecule has 0 aliphatic carbocycles. The normalized spacial score (nSPS) is 22.7. The van der Waals surface area contributed by atoms with Gasteiger partial charge in [-0.3, -0.25) is 18.9 Å². The molecule has 4 rings (SSSR count). The van der Waals surface area contributed by atoms with Gasteiger partial charge < -0.3 is 24.7 Å². The fraction of sp³-hybridized carbons (Fsp3) is 0.483. The van der Waals surface area contributed by atoms with Crippen LogP contribution in [0, 0.1) is 0 Å². The molecule has 0 amide bonds. The van der Waals surface area contributed by atoms with Crippen LogP contribution in [0.1, 0.15) is 46.2 Å². The maximum absolute atomic E-state index is 15.6. The van der Waals surface area contributed by atoms with Crippen LogP contribution in [0.3, 0.4) is 0 Å². The molecule has 15 nitrogen and oxygen atoms in total. The van der Waals surface area contributed by atoms with Crippen molar-refractivity contribution in [2.75, 3.05) is 32.2 Å². The van der Waals surface area contributed by atoms with Gasteiger partial charge in [-0.25, -0.2) is 17.0 Å². The molecule has 2 aromatic heterocycles. The number of carbonyl (C=O) groups is 3. The van der Waals surface area contributed by atoms with Crippen LogP contribution < -0.4 is 15.3 Å². The molecule has 0 spiro atoms. The van der Waals surface area contributed by atoms with E-state index in [1.54, 1.807) is 57.2 Å². The van der Waals surface area contributed by atoms with E-state index in [9.17, 15) is 17.5 Å². The zero-order valence-electron chi connectivity index (χ0n) is 26.2. The van der Waals surface area contributed by atoms with E-state index in [4.69, 9.17) is 33.7 Å². The molecule has 256 valence electrons. The van der Waals surface area contributed by atoms with Gasteiger partial charge in [0.15, 0.2) is 23.3 Å². The second-order valence-electron chi connectivity index (χ2n) is 10.4. The number of nitrogen functional groups attached to an aromatic ring is 1. The Balaban J connectivity index is 1.82. The van der Waals surface area contributed by atoms with Gasteiger partial charge in [0.2, 0.25) is 5.60 Å². The smallest absolute Gasteiger partial charge is 0.465 e. The Morgan fingerprint density at radius 1 is 1.17 bits per heavy atom. The molecule has 1 fully saturated rings. The molecule has 5 atom stereocenters. The van der Waals surface area contributed by atoms with Crippen molar-refractivity contribution in [1.82, 2.24) is 19.7 Å². The van der Waals surface area contributed by atoms with Gasteiger partial charge in [-0.15, -0.1) is 5.09 Å². The highest BCUT2D eigenvalue weighted by Crippen LogP contribution is 2.69. The van der Waals surface area contributed by atoms with Crippen LogP contribution in [0.5, 0.6) is 5.75 Å². The summed E-state index contributed by atoms with van der Waals surface area (Å²) in [5.41, 5.74) is -1.22. The van der Waals surface area contributed by atoms with Crippen LogP contribution in [-0.4, -0.2) is 76.7 Å². The monoisotopic (exact) mass is 792 g/mol. The zero-order chi connectivity index (χ0) is 34.2. The first-order chi connectivity index (χ1) is 22.5. The van der Waals surface area contributed by atoms with E-state index in [0.717, 1.165) is 0 Å². The number of nitrogens with one attached hydrogen (secondary N) is 1. The average molecular weight is 793 g/mol. The standard InChI is InChI=1S/C29H37FIN5O10P/c1-5-23(37)44-27-28(15-30,16-43-47(31-40,35-19(4)26(39)41-7-3)46-20-11-9-8-10-12-20)42-17-29(27,45-24(38)6-2)22-14-13-21-25(32)33-18-34-36(21)22/h8-14,18-19,27,35H,5-7,15-17H2,1-4H3,(H2,32,33,34)/q+1/t19-,27+,28+,29-,47?/m0/s1. The number of nitrogens with zero attached hydrogens (tertiary/aromatic N) is 3. The van der Waals surface area contributed by atoms with E-state index >= 15 is 4.39 Å². The summed E-state index contributed by atoms with van der Waals surface area (Å²) in [5.74, 6) is -1.74. The summed E-state index contributed by atoms with van der Waals surface area (Å²) in [6.45, 7) is 3.81. The van der Waals surface area contributed by atoms with Crippen molar-refractivity contribution in [3.8, 4) is 5.75 Å². The number of benzene rings is 1. The number of anilines is 1. The molecule has 18 heteroatoms. The second kappa shape index (κ2) is 15.7. The summed E-state index contributed by atoms with van der Waals surface area (Å²) in [7, 11) is 0. The molecule has 1 unspecified atom stereocenters. The SMILES string of the molecule is CCOC(=O)[C@H](C)N[P+](OC[C@@]1(CF)OC[C@](OC(=O)CC)(c2ccc3c(N)ncnn23)[C@@H]1OC(=O)CC)(Oc1ccccc1)I=O. The Morgan fingerprint density at radius 2 is 1.89 bits per heavy atom. The van der Waals surface area contributed by atoms with Gasteiger partial charge in [0.05, 0.1) is 18.9 Å². The lowest BCUT2D eigenvalue weighted by molar-refractivity contribution is -0.191. The predicted molar refractivity (Wildman–Crippen MR) is 174 cm³/mol. The summed E-state index contributed by atoms with van der Waals surface area (Å²) in [4.78, 5) is 42.4. The minimum Gasteiger partial charge on any atom is -0.465 e. The Bertz CT molecular complexity index is 1590. The van der Waals surface area contributed by atoms with Gasteiger partial charge in [-0.1, -0.05) is 32.0 Å². The number of fused-ring (bicyclic) bond motifs is 1. The van der Waals surface area contributed by atoms with Gasteiger partial charge in [0, 0.05) is 12.8 Å². The maximum atomic E-state index is 15.6. The highest BCUT2D eigenvalue weighted by Gasteiger charge is 2.67. The molecule has 3 heterocycles. The molecule has 0 saturated carbocycles. The summed E-state index contributed by atoms with van der Waals surface area (Å²) < 4.78 is 65.3. The third-order valence-corrected chi connectivity index (χ3v) is 12.9. The first-order valence-corrected chi connectivity index (χ1v) is 20.0. The first-order valence-electron chi connectivity index (χ1n) is 14.7. The third kappa shape index (κ3) is 7.69. The predicted octanol–water partition coefficient (Wildman–Crippen LogP) is 4.15. The first kappa shape index (κ1) is 36.5. The topological polar surface area (TPSA) is 192 Å². The maximum Gasteiger partial charge on any atom is 0.487 e. The fourth-order valence-corrected chi connectivity index (χ4v) is 9.82. The Hall–Kier alpha value is -3.38. The number of nitrogens with two attached hydrogens (primary N) is 1. The van der Waals surface area contributed by atoms with Gasteiger partial charge in [-0.2, -0.15) is 9.62 Å². The number of alkyl halides is 1. The van der Waals surface area contributed by atoms with Crippen molar-refractivity contribution in [1.29, 1.82) is 0 Å². The van der Waals surface area contributed by atoms with E-state index in [0.29, 0.717) is 5.52 Å². The summed E-state index contributed by atoms with van der Waals surface area (Å²) in [5, 5.41) is 7.14. The molecule has 3 aromatic rings. The number of hydrogen-bond acceptors (Lipinski definition) is 14. The summed E-state index contributed by atoms with van der Waals surface area (Å²) in [6.07, 6.45) is -0.654. The van der Waals surface area contributed by atoms with Gasteiger partial charge in [-0.05, 0) is 38.1 Å². The van der Waals surface area contributed by atoms with Crippen LogP contribution in [0.25, 0.3) is 5.52 Å². The summed E-state index contributed by atoms with van der Waals surface area (Å²) >= 11 is -2.24. The molecule has 0 bridgehead atoms. The highest BCUT2D eigenvalue weighted by molar-refractivity contribution is 14.2. The Morgan fingerprint density at radius 3 is 2.53 bits per heavy atom. The molecular formula is C29H37FIN5O10P+. The molecule has 3 N–H and O–H groups in total. The minimum absolute atomic E-state index is 0.0778. The molecule has 0 radical (unpaired) electrons. The molecule has 47 heavy (non-hydrogen) atoms. The number of aromatic nitrogens is 3. The van der Waals surface area contributed by atoms with E-state index in [1.165, 1.54) is 23.8 Å². The van der Waals surface area contributed by atoms with E-state index in [1.807, 2.05) is 0 Å². The number of halogens is 2. The highest BCUT2D eigenvalue weighted by atomic mass is 127. The van der Waals surface area contributed by atoms with Gasteiger partial charge >= 0.3 is 44.1 Å². The van der Waals surface area contributed by atoms with E-state index in [2.05, 4.69) is 15.2 Å². The molecule has 1 aromatic carbocycles. The van der Waals surface area contributed by atoms with E-state index in [-0.39, 0.29) is 36.7 Å². The Kier molecular flexibility index (Phi) is 12.2. The van der Waals surface area contributed by atoms with Gasteiger partial charge in [0.25, 0.3) is 0 Å². The lowest BCUT2D eigenvalue weighted by Crippen LogP contribution is -2.56. The quantitative estimate of drug-likeness (QED) is 0.0910. The minimum atomic E-state index is -3.72.